The number of likely N-dealkylation sites (tertiary alicyclic amines) is 1. The van der Waals surface area contributed by atoms with Gasteiger partial charge in [-0.1, -0.05) is 20.3 Å². The Bertz CT molecular complexity index is 755. The molecule has 32 heavy (non-hydrogen) atoms. The molecular weight excluding hydrogens is 468 g/mol. The third kappa shape index (κ3) is 7.60. The summed E-state index contributed by atoms with van der Waals surface area (Å²) in [5.74, 6) is 2.97. The fraction of sp³-hybridized carbons (Fsp3) is 0.800. The van der Waals surface area contributed by atoms with Crippen molar-refractivity contribution in [3.05, 3.63) is 16.4 Å². The maximum absolute atomic E-state index is 11.5. The van der Waals surface area contributed by atoms with Crippen molar-refractivity contribution >= 4 is 28.0 Å². The molecule has 180 valence electrons. The molecule has 6 nitrogen and oxygen atoms in total. The zero-order valence-electron chi connectivity index (χ0n) is 20.5. The number of halogens is 1. The second-order valence-corrected chi connectivity index (χ2v) is 11.8. The zero-order chi connectivity index (χ0) is 23.3. The van der Waals surface area contributed by atoms with Gasteiger partial charge in [0.1, 0.15) is 5.60 Å². The lowest BCUT2D eigenvalue weighted by Crippen LogP contribution is -2.35. The van der Waals surface area contributed by atoms with E-state index in [4.69, 9.17) is 9.72 Å². The average molecular weight is 510 g/mol. The minimum atomic E-state index is -0.372. The van der Waals surface area contributed by atoms with Crippen LogP contribution in [-0.4, -0.2) is 45.7 Å². The van der Waals surface area contributed by atoms with E-state index >= 15 is 0 Å². The summed E-state index contributed by atoms with van der Waals surface area (Å²) in [6.07, 6.45) is 11.9. The summed E-state index contributed by atoms with van der Waals surface area (Å²) in [6.45, 7) is 11.9. The van der Waals surface area contributed by atoms with Gasteiger partial charge in [-0.05, 0) is 93.5 Å². The van der Waals surface area contributed by atoms with Crippen molar-refractivity contribution in [3.63, 3.8) is 0 Å². The van der Waals surface area contributed by atoms with Gasteiger partial charge in [0.05, 0.1) is 10.2 Å². The van der Waals surface area contributed by atoms with Gasteiger partial charge in [-0.2, -0.15) is 0 Å². The minimum Gasteiger partial charge on any atom is -0.444 e. The van der Waals surface area contributed by atoms with Gasteiger partial charge in [-0.25, -0.2) is 14.8 Å². The van der Waals surface area contributed by atoms with Crippen LogP contribution in [0.1, 0.15) is 97.6 Å². The number of carbonyl (C=O) groups is 1. The van der Waals surface area contributed by atoms with E-state index in [0.717, 1.165) is 35.8 Å². The Balaban J connectivity index is 0.000000195. The highest BCUT2D eigenvalue weighted by Crippen LogP contribution is 2.38. The maximum Gasteiger partial charge on any atom is 0.410 e. The van der Waals surface area contributed by atoms with E-state index in [1.165, 1.54) is 50.6 Å². The lowest BCUT2D eigenvalue weighted by molar-refractivity contribution is 0.0289. The Morgan fingerprint density at radius 2 is 1.78 bits per heavy atom. The molecule has 0 radical (unpaired) electrons. The van der Waals surface area contributed by atoms with Crippen LogP contribution in [0.2, 0.25) is 0 Å². The summed E-state index contributed by atoms with van der Waals surface area (Å²) < 4.78 is 6.33. The minimum absolute atomic E-state index is 0.170. The smallest absolute Gasteiger partial charge is 0.410 e. The topological polar surface area (TPSA) is 67.4 Å². The first-order valence-electron chi connectivity index (χ1n) is 12.4. The molecule has 0 spiro atoms. The first-order chi connectivity index (χ1) is 15.1. The molecule has 1 saturated heterocycles. The van der Waals surface area contributed by atoms with Crippen molar-refractivity contribution in [2.24, 2.45) is 11.8 Å². The van der Waals surface area contributed by atoms with Gasteiger partial charge in [0.15, 0.2) is 0 Å². The van der Waals surface area contributed by atoms with Gasteiger partial charge in [-0.15, -0.1) is 0 Å². The highest BCUT2D eigenvalue weighted by atomic mass is 79.9. The van der Waals surface area contributed by atoms with Crippen molar-refractivity contribution in [2.75, 3.05) is 18.4 Å². The molecule has 3 fully saturated rings. The van der Waals surface area contributed by atoms with Gasteiger partial charge < -0.3 is 15.0 Å². The fourth-order valence-corrected chi connectivity index (χ4v) is 4.95. The van der Waals surface area contributed by atoms with Crippen molar-refractivity contribution in [3.8, 4) is 0 Å². The summed E-state index contributed by atoms with van der Waals surface area (Å²) in [4.78, 5) is 22.5. The van der Waals surface area contributed by atoms with Crippen molar-refractivity contribution in [1.29, 1.82) is 0 Å². The monoisotopic (exact) mass is 508 g/mol. The molecule has 1 aromatic rings. The zero-order valence-corrected chi connectivity index (χ0v) is 22.1. The number of hydrogen-bond donors (Lipinski definition) is 1. The number of nitrogens with one attached hydrogen (secondary N) is 1. The Kier molecular flexibility index (Phi) is 8.82. The molecule has 2 heterocycles. The van der Waals surface area contributed by atoms with E-state index in [1.54, 1.807) is 4.90 Å². The average Bonchev–Trinajstić information content (AvgIpc) is 3.11. The molecule has 2 saturated carbocycles. The van der Waals surface area contributed by atoms with Crippen molar-refractivity contribution in [1.82, 2.24) is 14.9 Å². The van der Waals surface area contributed by atoms with E-state index in [9.17, 15) is 4.79 Å². The molecule has 1 aliphatic heterocycles. The van der Waals surface area contributed by atoms with E-state index < -0.39 is 0 Å². The number of nitrogens with zero attached hydrogens (tertiary/aromatic N) is 3. The summed E-state index contributed by atoms with van der Waals surface area (Å²) in [7, 11) is 0. The van der Waals surface area contributed by atoms with Crippen LogP contribution in [0.4, 0.5) is 10.7 Å². The summed E-state index contributed by atoms with van der Waals surface area (Å²) in [6, 6.07) is 0.562. The van der Waals surface area contributed by atoms with E-state index in [-0.39, 0.29) is 11.7 Å². The number of anilines is 1. The van der Waals surface area contributed by atoms with Crippen LogP contribution in [0.15, 0.2) is 10.7 Å². The first-order valence-corrected chi connectivity index (χ1v) is 13.2. The van der Waals surface area contributed by atoms with Crippen LogP contribution >= 0.6 is 15.9 Å². The molecule has 1 aromatic heterocycles. The summed E-state index contributed by atoms with van der Waals surface area (Å²) in [5.41, 5.74) is 0.830. The standard InChI is InChI=1S/C15H22BrN3.C10H19NO2/c1-10-5-7-12(8-6-10)18-15-17-9-13(16)14(19-15)11-3-2-4-11;1-8-5-6-11(7-8)9(12)13-10(2,3)4/h9-12H,2-8H2,1H3,(H,17,18,19);8H,5-7H2,1-4H3. The predicted octanol–water partition coefficient (Wildman–Crippen LogP) is 6.76. The highest BCUT2D eigenvalue weighted by molar-refractivity contribution is 9.10. The van der Waals surface area contributed by atoms with E-state index in [2.05, 4.69) is 40.1 Å². The normalized spacial score (nSPS) is 26.1. The third-order valence-electron chi connectivity index (χ3n) is 6.69. The fourth-order valence-electron chi connectivity index (χ4n) is 4.43. The summed E-state index contributed by atoms with van der Waals surface area (Å²) in [5, 5.41) is 3.53. The Labute approximate surface area is 202 Å². The predicted molar refractivity (Wildman–Crippen MR) is 133 cm³/mol. The maximum atomic E-state index is 11.5. The lowest BCUT2D eigenvalue weighted by Gasteiger charge is -2.28. The number of rotatable bonds is 3. The highest BCUT2D eigenvalue weighted by Gasteiger charge is 2.27. The van der Waals surface area contributed by atoms with Crippen LogP contribution in [-0.2, 0) is 4.74 Å². The van der Waals surface area contributed by atoms with Gasteiger partial charge >= 0.3 is 6.09 Å². The van der Waals surface area contributed by atoms with Gasteiger partial charge in [0, 0.05) is 31.2 Å². The molecule has 2 aliphatic carbocycles. The summed E-state index contributed by atoms with van der Waals surface area (Å²) >= 11 is 3.59. The van der Waals surface area contributed by atoms with Crippen LogP contribution in [0.5, 0.6) is 0 Å². The molecule has 0 bridgehead atoms. The lowest BCUT2D eigenvalue weighted by atomic mass is 9.83. The Morgan fingerprint density at radius 3 is 2.31 bits per heavy atom. The Morgan fingerprint density at radius 1 is 1.09 bits per heavy atom. The quantitative estimate of drug-likeness (QED) is 0.488. The molecular formula is C25H41BrN4O2. The van der Waals surface area contributed by atoms with E-state index in [1.807, 2.05) is 27.0 Å². The van der Waals surface area contributed by atoms with Crippen LogP contribution in [0.3, 0.4) is 0 Å². The molecule has 1 atom stereocenters. The molecule has 1 amide bonds. The number of hydrogen-bond acceptors (Lipinski definition) is 5. The van der Waals surface area contributed by atoms with Gasteiger partial charge in [0.2, 0.25) is 5.95 Å². The van der Waals surface area contributed by atoms with Gasteiger partial charge in [0.25, 0.3) is 0 Å². The van der Waals surface area contributed by atoms with Crippen LogP contribution in [0, 0.1) is 11.8 Å². The van der Waals surface area contributed by atoms with Crippen LogP contribution < -0.4 is 5.32 Å². The van der Waals surface area contributed by atoms with Gasteiger partial charge in [-0.3, -0.25) is 0 Å². The molecule has 4 rings (SSSR count). The SMILES string of the molecule is CC1CCC(Nc2ncc(Br)c(C3CCC3)n2)CC1.CC1CCN(C(=O)OC(C)(C)C)C1. The molecule has 7 heteroatoms. The Hall–Kier alpha value is -1.37. The number of amides is 1. The largest absolute Gasteiger partial charge is 0.444 e. The molecule has 0 aromatic carbocycles. The molecule has 1 N–H and O–H groups in total. The van der Waals surface area contributed by atoms with E-state index in [0.29, 0.717) is 17.9 Å². The van der Waals surface area contributed by atoms with Crippen molar-refractivity contribution < 1.29 is 9.53 Å². The van der Waals surface area contributed by atoms with Crippen molar-refractivity contribution in [2.45, 2.75) is 104 Å². The molecule has 1 unspecified atom stereocenters. The number of carbonyl (C=O) groups excluding carboxylic acids is 1. The third-order valence-corrected chi connectivity index (χ3v) is 7.30. The first kappa shape index (κ1) is 25.3. The second kappa shape index (κ2) is 11.2. The second-order valence-electron chi connectivity index (χ2n) is 11.0. The van der Waals surface area contributed by atoms with Crippen LogP contribution in [0.25, 0.3) is 0 Å². The number of ether oxygens (including phenoxy) is 1. The molecule has 3 aliphatic rings. The number of aromatic nitrogens is 2.